The van der Waals surface area contributed by atoms with Crippen LogP contribution in [0.1, 0.15) is 12.5 Å². The maximum absolute atomic E-state index is 13.6. The van der Waals surface area contributed by atoms with Gasteiger partial charge in [-0.15, -0.1) is 0 Å². The molecule has 2 aromatic rings. The van der Waals surface area contributed by atoms with E-state index in [1.54, 1.807) is 43.3 Å². The van der Waals surface area contributed by atoms with Gasteiger partial charge in [0.25, 0.3) is 5.91 Å². The summed E-state index contributed by atoms with van der Waals surface area (Å²) in [4.78, 5) is 12.0. The van der Waals surface area contributed by atoms with Gasteiger partial charge in [0.1, 0.15) is 11.6 Å². The third kappa shape index (κ3) is 4.45. The van der Waals surface area contributed by atoms with Crippen LogP contribution in [0.2, 0.25) is 5.02 Å². The number of carbonyl (C=O) groups excluding carboxylic acids is 1. The smallest absolute Gasteiger partial charge is 0.261 e. The van der Waals surface area contributed by atoms with Crippen molar-refractivity contribution in [1.82, 2.24) is 5.32 Å². The first kappa shape index (κ1) is 16.8. The zero-order chi connectivity index (χ0) is 16.1. The molecule has 1 N–H and O–H groups in total. The number of hydrogen-bond acceptors (Lipinski definition) is 2. The second kappa shape index (κ2) is 7.61. The van der Waals surface area contributed by atoms with Crippen molar-refractivity contribution in [2.75, 3.05) is 0 Å². The lowest BCUT2D eigenvalue weighted by Crippen LogP contribution is -2.36. The molecule has 2 aromatic carbocycles. The first-order valence-corrected chi connectivity index (χ1v) is 7.77. The fraction of sp³-hybridized carbons (Fsp3) is 0.188. The minimum absolute atomic E-state index is 0.0837. The SMILES string of the molecule is CC(Oc1ccccc1Cl)C(=O)NCc1cc(Br)ccc1F. The molecule has 0 bridgehead atoms. The molecule has 0 spiro atoms. The summed E-state index contributed by atoms with van der Waals surface area (Å²) < 4.78 is 19.9. The van der Waals surface area contributed by atoms with Crippen LogP contribution in [0.5, 0.6) is 5.75 Å². The number of carbonyl (C=O) groups is 1. The predicted octanol–water partition coefficient (Wildman–Crippen LogP) is 4.33. The van der Waals surface area contributed by atoms with Crippen molar-refractivity contribution < 1.29 is 13.9 Å². The minimum atomic E-state index is -0.741. The standard InChI is InChI=1S/C16H14BrClFNO2/c1-10(22-15-5-3-2-4-13(15)18)16(21)20-9-11-8-12(17)6-7-14(11)19/h2-8,10H,9H2,1H3,(H,20,21). The van der Waals surface area contributed by atoms with Crippen LogP contribution in [-0.2, 0) is 11.3 Å². The van der Waals surface area contributed by atoms with Crippen LogP contribution >= 0.6 is 27.5 Å². The Labute approximate surface area is 141 Å². The second-order valence-corrected chi connectivity index (χ2v) is 5.97. The molecule has 0 aliphatic carbocycles. The van der Waals surface area contributed by atoms with Gasteiger partial charge < -0.3 is 10.1 Å². The van der Waals surface area contributed by atoms with E-state index in [0.717, 1.165) is 4.47 Å². The number of para-hydroxylation sites is 1. The molecule has 0 heterocycles. The van der Waals surface area contributed by atoms with E-state index in [-0.39, 0.29) is 18.3 Å². The van der Waals surface area contributed by atoms with Crippen LogP contribution < -0.4 is 10.1 Å². The van der Waals surface area contributed by atoms with Crippen molar-refractivity contribution in [2.45, 2.75) is 19.6 Å². The number of halogens is 3. The summed E-state index contributed by atoms with van der Waals surface area (Å²) in [5, 5.41) is 3.07. The summed E-state index contributed by atoms with van der Waals surface area (Å²) in [6.07, 6.45) is -0.741. The summed E-state index contributed by atoms with van der Waals surface area (Å²) in [5.41, 5.74) is 0.396. The van der Waals surface area contributed by atoms with E-state index in [1.165, 1.54) is 6.07 Å². The molecule has 0 fully saturated rings. The van der Waals surface area contributed by atoms with Crippen LogP contribution in [0.15, 0.2) is 46.9 Å². The Morgan fingerprint density at radius 1 is 1.36 bits per heavy atom. The van der Waals surface area contributed by atoms with E-state index < -0.39 is 6.10 Å². The number of ether oxygens (including phenoxy) is 1. The third-order valence-electron chi connectivity index (χ3n) is 2.97. The average molecular weight is 387 g/mol. The molecule has 0 radical (unpaired) electrons. The van der Waals surface area contributed by atoms with Crippen LogP contribution in [0, 0.1) is 5.82 Å². The van der Waals surface area contributed by atoms with Gasteiger partial charge in [-0.05, 0) is 37.3 Å². The molecule has 0 aliphatic rings. The summed E-state index contributed by atoms with van der Waals surface area (Å²) in [6.45, 7) is 1.69. The monoisotopic (exact) mass is 385 g/mol. The highest BCUT2D eigenvalue weighted by Gasteiger charge is 2.16. The van der Waals surface area contributed by atoms with Gasteiger partial charge in [0, 0.05) is 16.6 Å². The van der Waals surface area contributed by atoms with E-state index >= 15 is 0 Å². The van der Waals surface area contributed by atoms with E-state index in [1.807, 2.05) is 0 Å². The van der Waals surface area contributed by atoms with Gasteiger partial charge in [0.05, 0.1) is 5.02 Å². The van der Waals surface area contributed by atoms with Gasteiger partial charge in [0.2, 0.25) is 0 Å². The van der Waals surface area contributed by atoms with Crippen molar-refractivity contribution in [2.24, 2.45) is 0 Å². The molecule has 6 heteroatoms. The first-order valence-electron chi connectivity index (χ1n) is 6.60. The zero-order valence-electron chi connectivity index (χ0n) is 11.8. The largest absolute Gasteiger partial charge is 0.479 e. The van der Waals surface area contributed by atoms with Gasteiger partial charge >= 0.3 is 0 Å². The lowest BCUT2D eigenvalue weighted by Gasteiger charge is -2.15. The van der Waals surface area contributed by atoms with Gasteiger partial charge in [0.15, 0.2) is 6.10 Å². The number of amides is 1. The number of nitrogens with one attached hydrogen (secondary N) is 1. The van der Waals surface area contributed by atoms with E-state index in [2.05, 4.69) is 21.2 Å². The Bertz CT molecular complexity index is 681. The molecule has 3 nitrogen and oxygen atoms in total. The van der Waals surface area contributed by atoms with Crippen LogP contribution in [0.4, 0.5) is 4.39 Å². The summed E-state index contributed by atoms with van der Waals surface area (Å²) in [6, 6.07) is 11.5. The second-order valence-electron chi connectivity index (χ2n) is 4.64. The highest BCUT2D eigenvalue weighted by molar-refractivity contribution is 9.10. The van der Waals surface area contributed by atoms with E-state index in [0.29, 0.717) is 16.3 Å². The lowest BCUT2D eigenvalue weighted by atomic mass is 10.2. The lowest BCUT2D eigenvalue weighted by molar-refractivity contribution is -0.127. The van der Waals surface area contributed by atoms with Crippen LogP contribution in [-0.4, -0.2) is 12.0 Å². The molecule has 22 heavy (non-hydrogen) atoms. The van der Waals surface area contributed by atoms with Crippen molar-refractivity contribution in [3.63, 3.8) is 0 Å². The molecule has 1 amide bonds. The molecular weight excluding hydrogens is 373 g/mol. The van der Waals surface area contributed by atoms with Gasteiger partial charge in [-0.3, -0.25) is 4.79 Å². The topological polar surface area (TPSA) is 38.3 Å². The zero-order valence-corrected chi connectivity index (χ0v) is 14.1. The molecular formula is C16H14BrClFNO2. The fourth-order valence-electron chi connectivity index (χ4n) is 1.79. The van der Waals surface area contributed by atoms with Crippen LogP contribution in [0.25, 0.3) is 0 Å². The van der Waals surface area contributed by atoms with E-state index in [9.17, 15) is 9.18 Å². The fourth-order valence-corrected chi connectivity index (χ4v) is 2.38. The average Bonchev–Trinajstić information content (AvgIpc) is 2.50. The van der Waals surface area contributed by atoms with E-state index in [4.69, 9.17) is 16.3 Å². The summed E-state index contributed by atoms with van der Waals surface area (Å²) in [5.74, 6) is -0.289. The Hall–Kier alpha value is -1.59. The Morgan fingerprint density at radius 3 is 2.82 bits per heavy atom. The van der Waals surface area contributed by atoms with Crippen molar-refractivity contribution in [3.05, 3.63) is 63.3 Å². The Morgan fingerprint density at radius 2 is 2.09 bits per heavy atom. The van der Waals surface area contributed by atoms with Crippen molar-refractivity contribution in [1.29, 1.82) is 0 Å². The van der Waals surface area contributed by atoms with Crippen molar-refractivity contribution >= 4 is 33.4 Å². The quantitative estimate of drug-likeness (QED) is 0.831. The number of benzene rings is 2. The molecule has 1 unspecified atom stereocenters. The number of hydrogen-bond donors (Lipinski definition) is 1. The summed E-state index contributed by atoms with van der Waals surface area (Å²) in [7, 11) is 0. The maximum atomic E-state index is 13.6. The highest BCUT2D eigenvalue weighted by Crippen LogP contribution is 2.24. The first-order chi connectivity index (χ1) is 10.5. The summed E-state index contributed by atoms with van der Waals surface area (Å²) >= 11 is 9.24. The number of rotatable bonds is 5. The minimum Gasteiger partial charge on any atom is -0.479 e. The molecule has 0 aliphatic heterocycles. The van der Waals surface area contributed by atoms with Gasteiger partial charge in [-0.25, -0.2) is 4.39 Å². The third-order valence-corrected chi connectivity index (χ3v) is 3.78. The normalized spacial score (nSPS) is 11.8. The molecule has 0 saturated heterocycles. The van der Waals surface area contributed by atoms with Gasteiger partial charge in [-0.2, -0.15) is 0 Å². The molecule has 0 saturated carbocycles. The Kier molecular flexibility index (Phi) is 5.80. The molecule has 116 valence electrons. The highest BCUT2D eigenvalue weighted by atomic mass is 79.9. The predicted molar refractivity (Wildman–Crippen MR) is 87.5 cm³/mol. The molecule has 0 aromatic heterocycles. The van der Waals surface area contributed by atoms with Crippen molar-refractivity contribution in [3.8, 4) is 5.75 Å². The maximum Gasteiger partial charge on any atom is 0.261 e. The van der Waals surface area contributed by atoms with Gasteiger partial charge in [-0.1, -0.05) is 39.7 Å². The van der Waals surface area contributed by atoms with Crippen LogP contribution in [0.3, 0.4) is 0 Å². The molecule has 2 rings (SSSR count). The molecule has 1 atom stereocenters. The Balaban J connectivity index is 1.94.